The van der Waals surface area contributed by atoms with Crippen LogP contribution in [0.3, 0.4) is 0 Å². The van der Waals surface area contributed by atoms with Crippen LogP contribution in [0.1, 0.15) is 46.0 Å². The van der Waals surface area contributed by atoms with Gasteiger partial charge in [-0.3, -0.25) is 0 Å². The largest absolute Gasteiger partial charge is 0.379 e. The molecule has 0 radical (unpaired) electrons. The number of halogens is 1. The van der Waals surface area contributed by atoms with Gasteiger partial charge in [-0.2, -0.15) is 0 Å². The zero-order valence-electron chi connectivity index (χ0n) is 10.2. The summed E-state index contributed by atoms with van der Waals surface area (Å²) in [7, 11) is 1.83. The van der Waals surface area contributed by atoms with Gasteiger partial charge < -0.3 is 4.74 Å². The molecule has 0 aromatic heterocycles. The molecule has 0 N–H and O–H groups in total. The van der Waals surface area contributed by atoms with Gasteiger partial charge in [-0.05, 0) is 63.2 Å². The SMILES string of the molecule is COC(C)(C)CCC1(CBr)CC2CC2C1. The molecule has 2 atom stereocenters. The Bertz CT molecular complexity index is 227. The number of hydrogen-bond acceptors (Lipinski definition) is 1. The number of fused-ring (bicyclic) bond motifs is 1. The fourth-order valence-electron chi connectivity index (χ4n) is 3.05. The van der Waals surface area contributed by atoms with Crippen molar-refractivity contribution in [3.8, 4) is 0 Å². The van der Waals surface area contributed by atoms with E-state index < -0.39 is 0 Å². The molecule has 0 heterocycles. The molecule has 2 fully saturated rings. The first kappa shape index (κ1) is 11.9. The molecule has 0 bridgehead atoms. The molecule has 2 aliphatic rings. The van der Waals surface area contributed by atoms with Gasteiger partial charge in [-0.15, -0.1) is 0 Å². The second-order valence-corrected chi connectivity index (χ2v) is 6.82. The minimum atomic E-state index is 0.0575. The van der Waals surface area contributed by atoms with Crippen LogP contribution in [-0.2, 0) is 4.74 Å². The van der Waals surface area contributed by atoms with Crippen molar-refractivity contribution >= 4 is 15.9 Å². The van der Waals surface area contributed by atoms with E-state index >= 15 is 0 Å². The van der Waals surface area contributed by atoms with E-state index in [0.29, 0.717) is 5.41 Å². The van der Waals surface area contributed by atoms with Gasteiger partial charge in [0.1, 0.15) is 0 Å². The Balaban J connectivity index is 1.86. The van der Waals surface area contributed by atoms with Crippen molar-refractivity contribution in [2.24, 2.45) is 17.3 Å². The first-order valence-corrected chi connectivity index (χ1v) is 7.24. The molecule has 0 aliphatic heterocycles. The highest BCUT2D eigenvalue weighted by Crippen LogP contribution is 2.62. The smallest absolute Gasteiger partial charge is 0.0623 e. The molecule has 2 heteroatoms. The fraction of sp³-hybridized carbons (Fsp3) is 1.00. The minimum absolute atomic E-state index is 0.0575. The van der Waals surface area contributed by atoms with Gasteiger partial charge in [-0.25, -0.2) is 0 Å². The molecule has 0 amide bonds. The Morgan fingerprint density at radius 1 is 1.33 bits per heavy atom. The monoisotopic (exact) mass is 274 g/mol. The van der Waals surface area contributed by atoms with Crippen LogP contribution < -0.4 is 0 Å². The lowest BCUT2D eigenvalue weighted by atomic mass is 9.78. The van der Waals surface area contributed by atoms with Crippen molar-refractivity contribution in [2.45, 2.75) is 51.6 Å². The van der Waals surface area contributed by atoms with Crippen molar-refractivity contribution in [1.29, 1.82) is 0 Å². The summed E-state index contributed by atoms with van der Waals surface area (Å²) in [6.07, 6.45) is 6.95. The number of ether oxygens (including phenoxy) is 1. The van der Waals surface area contributed by atoms with E-state index in [9.17, 15) is 0 Å². The van der Waals surface area contributed by atoms with Crippen LogP contribution >= 0.6 is 15.9 Å². The lowest BCUT2D eigenvalue weighted by Crippen LogP contribution is -2.28. The molecule has 0 aromatic carbocycles. The Morgan fingerprint density at radius 3 is 2.40 bits per heavy atom. The van der Waals surface area contributed by atoms with E-state index in [1.54, 1.807) is 0 Å². The molecule has 88 valence electrons. The lowest BCUT2D eigenvalue weighted by Gasteiger charge is -2.33. The van der Waals surface area contributed by atoms with E-state index in [1.165, 1.54) is 37.4 Å². The molecule has 2 unspecified atom stereocenters. The third kappa shape index (κ3) is 2.58. The maximum atomic E-state index is 5.51. The summed E-state index contributed by atoms with van der Waals surface area (Å²) < 4.78 is 5.51. The van der Waals surface area contributed by atoms with Crippen molar-refractivity contribution in [3.63, 3.8) is 0 Å². The van der Waals surface area contributed by atoms with Crippen molar-refractivity contribution in [3.05, 3.63) is 0 Å². The predicted octanol–water partition coefficient (Wildman–Crippen LogP) is 4.00. The Hall–Kier alpha value is 0.440. The molecule has 2 saturated carbocycles. The zero-order chi connectivity index (χ0) is 11.1. The van der Waals surface area contributed by atoms with Crippen LogP contribution in [0, 0.1) is 17.3 Å². The van der Waals surface area contributed by atoms with Crippen LogP contribution in [0.2, 0.25) is 0 Å². The second kappa shape index (κ2) is 4.03. The zero-order valence-corrected chi connectivity index (χ0v) is 11.8. The Labute approximate surface area is 102 Å². The molecule has 0 saturated heterocycles. The highest BCUT2D eigenvalue weighted by molar-refractivity contribution is 9.09. The summed E-state index contributed by atoms with van der Waals surface area (Å²) in [6.45, 7) is 4.40. The number of hydrogen-bond donors (Lipinski definition) is 0. The topological polar surface area (TPSA) is 9.23 Å². The highest BCUT2D eigenvalue weighted by atomic mass is 79.9. The summed E-state index contributed by atoms with van der Waals surface area (Å²) in [5, 5.41) is 1.19. The third-order valence-corrected chi connectivity index (χ3v) is 5.74. The van der Waals surface area contributed by atoms with Gasteiger partial charge in [-0.1, -0.05) is 15.9 Å². The average molecular weight is 275 g/mol. The van der Waals surface area contributed by atoms with Crippen molar-refractivity contribution < 1.29 is 4.74 Å². The quantitative estimate of drug-likeness (QED) is 0.689. The summed E-state index contributed by atoms with van der Waals surface area (Å²) in [6, 6.07) is 0. The van der Waals surface area contributed by atoms with Crippen LogP contribution in [-0.4, -0.2) is 18.0 Å². The van der Waals surface area contributed by atoms with Gasteiger partial charge in [0, 0.05) is 12.4 Å². The van der Waals surface area contributed by atoms with Gasteiger partial charge in [0.15, 0.2) is 0 Å². The normalized spacial score (nSPS) is 39.2. The molecule has 15 heavy (non-hydrogen) atoms. The van der Waals surface area contributed by atoms with E-state index in [0.717, 1.165) is 11.8 Å². The molecule has 2 aliphatic carbocycles. The highest BCUT2D eigenvalue weighted by Gasteiger charge is 2.53. The molecule has 2 rings (SSSR count). The first-order chi connectivity index (χ1) is 7.00. The molecule has 0 aromatic rings. The predicted molar refractivity (Wildman–Crippen MR) is 67.4 cm³/mol. The standard InChI is InChI=1S/C13H23BrO/c1-12(2,15-3)4-5-13(9-14)7-10-6-11(10)8-13/h10-11H,4-9H2,1-3H3. The van der Waals surface area contributed by atoms with Crippen LogP contribution in [0.25, 0.3) is 0 Å². The summed E-state index contributed by atoms with van der Waals surface area (Å²) in [5.74, 6) is 2.15. The van der Waals surface area contributed by atoms with Gasteiger partial charge in [0.2, 0.25) is 0 Å². The van der Waals surface area contributed by atoms with Crippen molar-refractivity contribution in [1.82, 2.24) is 0 Å². The van der Waals surface area contributed by atoms with Gasteiger partial charge >= 0.3 is 0 Å². The first-order valence-electron chi connectivity index (χ1n) is 6.11. The summed E-state index contributed by atoms with van der Waals surface area (Å²) in [5.41, 5.74) is 0.658. The van der Waals surface area contributed by atoms with Crippen LogP contribution in [0.4, 0.5) is 0 Å². The van der Waals surface area contributed by atoms with E-state index in [-0.39, 0.29) is 5.60 Å². The fourth-order valence-corrected chi connectivity index (χ4v) is 3.79. The Morgan fingerprint density at radius 2 is 1.93 bits per heavy atom. The van der Waals surface area contributed by atoms with Crippen LogP contribution in [0.15, 0.2) is 0 Å². The maximum Gasteiger partial charge on any atom is 0.0623 e. The van der Waals surface area contributed by atoms with Crippen LogP contribution in [0.5, 0.6) is 0 Å². The van der Waals surface area contributed by atoms with Gasteiger partial charge in [0.25, 0.3) is 0 Å². The molecule has 1 nitrogen and oxygen atoms in total. The van der Waals surface area contributed by atoms with Gasteiger partial charge in [0.05, 0.1) is 5.60 Å². The van der Waals surface area contributed by atoms with Crippen molar-refractivity contribution in [2.75, 3.05) is 12.4 Å². The molecular formula is C13H23BrO. The van der Waals surface area contributed by atoms with E-state index in [4.69, 9.17) is 4.74 Å². The minimum Gasteiger partial charge on any atom is -0.379 e. The number of rotatable bonds is 5. The summed E-state index contributed by atoms with van der Waals surface area (Å²) in [4.78, 5) is 0. The Kier molecular flexibility index (Phi) is 3.20. The average Bonchev–Trinajstić information content (AvgIpc) is 2.84. The van der Waals surface area contributed by atoms with E-state index in [2.05, 4.69) is 29.8 Å². The number of alkyl halides is 1. The molecular weight excluding hydrogens is 252 g/mol. The van der Waals surface area contributed by atoms with E-state index in [1.807, 2.05) is 7.11 Å². The summed E-state index contributed by atoms with van der Waals surface area (Å²) >= 11 is 3.73. The maximum absolute atomic E-state index is 5.51. The number of methoxy groups -OCH3 is 1. The lowest BCUT2D eigenvalue weighted by molar-refractivity contribution is 0.00464. The third-order valence-electron chi connectivity index (χ3n) is 4.55. The molecule has 0 spiro atoms. The second-order valence-electron chi connectivity index (χ2n) is 6.26.